The van der Waals surface area contributed by atoms with Gasteiger partial charge in [0.05, 0.1) is 5.56 Å². The van der Waals surface area contributed by atoms with Crippen LogP contribution in [0.5, 0.6) is 0 Å². The van der Waals surface area contributed by atoms with Crippen molar-refractivity contribution in [3.8, 4) is 0 Å². The van der Waals surface area contributed by atoms with E-state index in [-0.39, 0.29) is 5.56 Å². The van der Waals surface area contributed by atoms with E-state index in [1.165, 1.54) is 12.1 Å². The molecule has 0 saturated heterocycles. The lowest BCUT2D eigenvalue weighted by atomic mass is 10.1. The molecule has 0 radical (unpaired) electrons. The van der Waals surface area contributed by atoms with Crippen molar-refractivity contribution in [1.29, 1.82) is 0 Å². The molecule has 18 heavy (non-hydrogen) atoms. The predicted molar refractivity (Wildman–Crippen MR) is 70.6 cm³/mol. The number of benzene rings is 1. The van der Waals surface area contributed by atoms with Crippen molar-refractivity contribution in [3.05, 3.63) is 29.6 Å². The van der Waals surface area contributed by atoms with Crippen LogP contribution in [-0.4, -0.2) is 17.1 Å². The van der Waals surface area contributed by atoms with E-state index >= 15 is 0 Å². The molecule has 0 atom stereocenters. The topological polar surface area (TPSA) is 49.3 Å². The normalized spacial score (nSPS) is 10.7. The maximum Gasteiger partial charge on any atom is 0.338 e. The number of anilines is 1. The second kappa shape index (κ2) is 6.99. The third-order valence-corrected chi connectivity index (χ3v) is 2.84. The molecule has 0 fully saturated rings. The van der Waals surface area contributed by atoms with Crippen LogP contribution in [0.15, 0.2) is 18.2 Å². The van der Waals surface area contributed by atoms with E-state index in [0.717, 1.165) is 25.7 Å². The molecule has 4 heteroatoms. The van der Waals surface area contributed by atoms with Crippen LogP contribution >= 0.6 is 0 Å². The van der Waals surface area contributed by atoms with E-state index in [4.69, 9.17) is 5.11 Å². The third-order valence-electron chi connectivity index (χ3n) is 2.84. The summed E-state index contributed by atoms with van der Waals surface area (Å²) in [6.07, 6.45) is 4.16. The highest BCUT2D eigenvalue weighted by molar-refractivity contribution is 5.89. The van der Waals surface area contributed by atoms with Crippen LogP contribution in [0, 0.1) is 5.82 Å². The zero-order valence-electron chi connectivity index (χ0n) is 10.9. The molecule has 100 valence electrons. The van der Waals surface area contributed by atoms with Crippen LogP contribution in [0.4, 0.5) is 10.1 Å². The van der Waals surface area contributed by atoms with E-state index in [9.17, 15) is 9.18 Å². The Kier molecular flexibility index (Phi) is 5.62. The van der Waals surface area contributed by atoms with Gasteiger partial charge in [0.2, 0.25) is 0 Å². The van der Waals surface area contributed by atoms with Crippen LogP contribution in [0.25, 0.3) is 0 Å². The second-order valence-electron chi connectivity index (χ2n) is 4.42. The van der Waals surface area contributed by atoms with Crippen molar-refractivity contribution < 1.29 is 14.3 Å². The fourth-order valence-electron chi connectivity index (χ4n) is 2.00. The Morgan fingerprint density at radius 1 is 1.33 bits per heavy atom. The maximum atomic E-state index is 13.2. The van der Waals surface area contributed by atoms with Crippen LogP contribution in [0.2, 0.25) is 0 Å². The minimum Gasteiger partial charge on any atom is -0.478 e. The molecule has 0 bridgehead atoms. The number of carboxylic acid groups (broad SMARTS) is 1. The molecule has 0 spiro atoms. The molecular formula is C14H20FNO2. The fourth-order valence-corrected chi connectivity index (χ4v) is 2.00. The number of hydrogen-bond acceptors (Lipinski definition) is 2. The van der Waals surface area contributed by atoms with E-state index in [1.807, 2.05) is 0 Å². The van der Waals surface area contributed by atoms with Crippen molar-refractivity contribution in [1.82, 2.24) is 0 Å². The summed E-state index contributed by atoms with van der Waals surface area (Å²) in [5, 5.41) is 12.1. The first kappa shape index (κ1) is 14.5. The first-order chi connectivity index (χ1) is 8.58. The number of carboxylic acids is 1. The van der Waals surface area contributed by atoms with Gasteiger partial charge in [-0.2, -0.15) is 0 Å². The third kappa shape index (κ3) is 4.02. The maximum absolute atomic E-state index is 13.2. The number of nitrogens with one attached hydrogen (secondary N) is 1. The molecule has 2 N–H and O–H groups in total. The SMILES string of the molecule is CCCC(CCC)Nc1ccc(F)c(C(=O)O)c1. The molecule has 0 heterocycles. The second-order valence-corrected chi connectivity index (χ2v) is 4.42. The summed E-state index contributed by atoms with van der Waals surface area (Å²) in [7, 11) is 0. The van der Waals surface area contributed by atoms with Gasteiger partial charge < -0.3 is 10.4 Å². The minimum atomic E-state index is -1.24. The quantitative estimate of drug-likeness (QED) is 0.774. The Balaban J connectivity index is 2.82. The molecule has 0 aliphatic heterocycles. The van der Waals surface area contributed by atoms with Crippen LogP contribution in [-0.2, 0) is 0 Å². The minimum absolute atomic E-state index is 0.285. The van der Waals surface area contributed by atoms with Crippen molar-refractivity contribution in [2.45, 2.75) is 45.6 Å². The molecule has 1 aromatic carbocycles. The Labute approximate surface area is 107 Å². The largest absolute Gasteiger partial charge is 0.478 e. The molecule has 0 amide bonds. The van der Waals surface area contributed by atoms with Crippen LogP contribution in [0.3, 0.4) is 0 Å². The molecule has 0 aromatic heterocycles. The van der Waals surface area contributed by atoms with Gasteiger partial charge in [0.15, 0.2) is 0 Å². The number of carbonyl (C=O) groups is 1. The number of aromatic carboxylic acids is 1. The lowest BCUT2D eigenvalue weighted by Crippen LogP contribution is -2.19. The monoisotopic (exact) mass is 253 g/mol. The Morgan fingerprint density at radius 3 is 2.44 bits per heavy atom. The van der Waals surface area contributed by atoms with Crippen LogP contribution in [0.1, 0.15) is 49.9 Å². The highest BCUT2D eigenvalue weighted by Gasteiger charge is 2.12. The molecule has 1 rings (SSSR count). The molecule has 0 unspecified atom stereocenters. The van der Waals surface area contributed by atoms with Crippen LogP contribution < -0.4 is 5.32 Å². The molecule has 1 aromatic rings. The molecule has 0 saturated carbocycles. The smallest absolute Gasteiger partial charge is 0.338 e. The molecule has 3 nitrogen and oxygen atoms in total. The number of hydrogen-bond donors (Lipinski definition) is 2. The molecule has 0 aliphatic carbocycles. The summed E-state index contributed by atoms with van der Waals surface area (Å²) in [6, 6.07) is 4.45. The van der Waals surface area contributed by atoms with Gasteiger partial charge in [-0.3, -0.25) is 0 Å². The van der Waals surface area contributed by atoms with Crippen molar-refractivity contribution in [3.63, 3.8) is 0 Å². The summed E-state index contributed by atoms with van der Waals surface area (Å²) in [5.41, 5.74) is 0.382. The predicted octanol–water partition coefficient (Wildman–Crippen LogP) is 3.90. The summed E-state index contributed by atoms with van der Waals surface area (Å²) in [6.45, 7) is 4.22. The zero-order valence-corrected chi connectivity index (χ0v) is 10.9. The Bertz CT molecular complexity index is 401. The molecular weight excluding hydrogens is 233 g/mol. The summed E-state index contributed by atoms with van der Waals surface area (Å²) in [5.74, 6) is -1.94. The standard InChI is InChI=1S/C14H20FNO2/c1-3-5-10(6-4-2)16-11-7-8-13(15)12(9-11)14(17)18/h7-10,16H,3-6H2,1-2H3,(H,17,18). The van der Waals surface area contributed by atoms with Gasteiger partial charge in [0.1, 0.15) is 5.82 Å². The number of halogens is 1. The summed E-state index contributed by atoms with van der Waals surface area (Å²) < 4.78 is 13.2. The van der Waals surface area contributed by atoms with E-state index in [2.05, 4.69) is 19.2 Å². The highest BCUT2D eigenvalue weighted by Crippen LogP contribution is 2.18. The Morgan fingerprint density at radius 2 is 1.94 bits per heavy atom. The van der Waals surface area contributed by atoms with Gasteiger partial charge in [-0.1, -0.05) is 26.7 Å². The van der Waals surface area contributed by atoms with Gasteiger partial charge in [-0.15, -0.1) is 0 Å². The fraction of sp³-hybridized carbons (Fsp3) is 0.500. The van der Waals surface area contributed by atoms with E-state index < -0.39 is 11.8 Å². The van der Waals surface area contributed by atoms with E-state index in [1.54, 1.807) is 6.07 Å². The van der Waals surface area contributed by atoms with Crippen molar-refractivity contribution in [2.75, 3.05) is 5.32 Å². The summed E-state index contributed by atoms with van der Waals surface area (Å²) >= 11 is 0. The number of rotatable bonds is 7. The van der Waals surface area contributed by atoms with Gasteiger partial charge >= 0.3 is 5.97 Å². The van der Waals surface area contributed by atoms with Gasteiger partial charge in [-0.05, 0) is 31.0 Å². The zero-order chi connectivity index (χ0) is 13.5. The lowest BCUT2D eigenvalue weighted by molar-refractivity contribution is 0.0692. The van der Waals surface area contributed by atoms with E-state index in [0.29, 0.717) is 11.7 Å². The lowest BCUT2D eigenvalue weighted by Gasteiger charge is -2.19. The molecule has 0 aliphatic rings. The first-order valence-electron chi connectivity index (χ1n) is 6.37. The van der Waals surface area contributed by atoms with Gasteiger partial charge in [-0.25, -0.2) is 9.18 Å². The van der Waals surface area contributed by atoms with Crippen molar-refractivity contribution >= 4 is 11.7 Å². The first-order valence-corrected chi connectivity index (χ1v) is 6.37. The average molecular weight is 253 g/mol. The van der Waals surface area contributed by atoms with Crippen molar-refractivity contribution in [2.24, 2.45) is 0 Å². The van der Waals surface area contributed by atoms with Gasteiger partial charge in [0, 0.05) is 11.7 Å². The summed E-state index contributed by atoms with van der Waals surface area (Å²) in [4.78, 5) is 10.8. The van der Waals surface area contributed by atoms with Gasteiger partial charge in [0.25, 0.3) is 0 Å². The average Bonchev–Trinajstić information content (AvgIpc) is 2.32. The Hall–Kier alpha value is -1.58. The highest BCUT2D eigenvalue weighted by atomic mass is 19.1.